The van der Waals surface area contributed by atoms with E-state index in [1.165, 1.54) is 16.7 Å². The Kier molecular flexibility index (Phi) is 6.30. The number of nitrogens with zero attached hydrogens (tertiary/aromatic N) is 3. The van der Waals surface area contributed by atoms with Crippen molar-refractivity contribution in [3.63, 3.8) is 0 Å². The second-order valence-electron chi connectivity index (χ2n) is 6.43. The fourth-order valence-electron chi connectivity index (χ4n) is 2.57. The van der Waals surface area contributed by atoms with Crippen LogP contribution in [0.2, 0.25) is 0 Å². The third kappa shape index (κ3) is 5.12. The summed E-state index contributed by atoms with van der Waals surface area (Å²) in [5.41, 5.74) is 2.95. The van der Waals surface area contributed by atoms with Crippen molar-refractivity contribution in [2.24, 2.45) is 5.92 Å². The van der Waals surface area contributed by atoms with E-state index in [2.05, 4.69) is 29.2 Å². The van der Waals surface area contributed by atoms with Gasteiger partial charge in [-0.25, -0.2) is 9.78 Å². The summed E-state index contributed by atoms with van der Waals surface area (Å²) in [6.07, 6.45) is 0.822. The first kappa shape index (κ1) is 19.1. The monoisotopic (exact) mass is 364 g/mol. The number of carbonyl (C=O) groups is 2. The van der Waals surface area contributed by atoms with Crippen LogP contribution in [0, 0.1) is 19.8 Å². The first-order valence-electron chi connectivity index (χ1n) is 8.25. The number of nitrogens with one attached hydrogen (secondary N) is 1. The van der Waals surface area contributed by atoms with Crippen LogP contribution < -0.4 is 5.32 Å². The van der Waals surface area contributed by atoms with Crippen molar-refractivity contribution in [2.75, 3.05) is 6.54 Å². The molecule has 0 aliphatic heterocycles. The van der Waals surface area contributed by atoms with Crippen LogP contribution in [-0.2, 0) is 24.2 Å². The van der Waals surface area contributed by atoms with Gasteiger partial charge in [0.25, 0.3) is 0 Å². The molecule has 1 amide bonds. The molecule has 0 saturated carbocycles. The quantitative estimate of drug-likeness (QED) is 0.748. The van der Waals surface area contributed by atoms with E-state index in [4.69, 9.17) is 5.11 Å². The van der Waals surface area contributed by atoms with Crippen molar-refractivity contribution < 1.29 is 14.7 Å². The standard InChI is InChI=1S/C17H24N4O3S/c1-10(2)8-21-12(4)13(11(3)20-21)7-15(22)18-6-5-16-19-14(9-25-16)17(23)24/h9-10H,5-8H2,1-4H3,(H,18,22)(H,23,24). The van der Waals surface area contributed by atoms with E-state index in [0.29, 0.717) is 30.3 Å². The molecule has 0 saturated heterocycles. The summed E-state index contributed by atoms with van der Waals surface area (Å²) < 4.78 is 1.96. The van der Waals surface area contributed by atoms with Crippen LogP contribution in [-0.4, -0.2) is 38.3 Å². The first-order chi connectivity index (χ1) is 11.8. The minimum Gasteiger partial charge on any atom is -0.476 e. The van der Waals surface area contributed by atoms with Gasteiger partial charge in [0.05, 0.1) is 17.1 Å². The van der Waals surface area contributed by atoms with Crippen molar-refractivity contribution in [1.82, 2.24) is 20.1 Å². The Labute approximate surface area is 151 Å². The molecule has 8 heteroatoms. The van der Waals surface area contributed by atoms with Crippen LogP contribution in [0.5, 0.6) is 0 Å². The molecule has 0 unspecified atom stereocenters. The Morgan fingerprint density at radius 1 is 1.36 bits per heavy atom. The molecule has 136 valence electrons. The summed E-state index contributed by atoms with van der Waals surface area (Å²) in [6, 6.07) is 0. The number of aryl methyl sites for hydroxylation is 1. The van der Waals surface area contributed by atoms with Crippen LogP contribution in [0.1, 0.15) is 46.3 Å². The molecule has 0 atom stereocenters. The van der Waals surface area contributed by atoms with Gasteiger partial charge >= 0.3 is 5.97 Å². The second-order valence-corrected chi connectivity index (χ2v) is 7.38. The molecule has 0 aliphatic carbocycles. The van der Waals surface area contributed by atoms with Gasteiger partial charge in [0, 0.05) is 36.1 Å². The maximum absolute atomic E-state index is 12.2. The zero-order valence-electron chi connectivity index (χ0n) is 15.0. The van der Waals surface area contributed by atoms with Crippen molar-refractivity contribution in [3.8, 4) is 0 Å². The highest BCUT2D eigenvalue weighted by Gasteiger charge is 2.15. The molecule has 2 N–H and O–H groups in total. The molecular formula is C17H24N4O3S. The zero-order chi connectivity index (χ0) is 18.6. The highest BCUT2D eigenvalue weighted by atomic mass is 32.1. The van der Waals surface area contributed by atoms with Crippen LogP contribution in [0.15, 0.2) is 5.38 Å². The smallest absolute Gasteiger partial charge is 0.355 e. The van der Waals surface area contributed by atoms with Gasteiger partial charge in [0.15, 0.2) is 5.69 Å². The second kappa shape index (κ2) is 8.24. The van der Waals surface area contributed by atoms with Gasteiger partial charge in [-0.15, -0.1) is 11.3 Å². The molecule has 0 bridgehead atoms. The summed E-state index contributed by atoms with van der Waals surface area (Å²) in [7, 11) is 0. The first-order valence-corrected chi connectivity index (χ1v) is 9.13. The molecule has 0 aliphatic rings. The number of carboxylic acid groups (broad SMARTS) is 1. The van der Waals surface area contributed by atoms with E-state index in [9.17, 15) is 9.59 Å². The lowest BCUT2D eigenvalue weighted by Gasteiger charge is -2.08. The molecule has 2 aromatic rings. The van der Waals surface area contributed by atoms with Crippen molar-refractivity contribution in [1.29, 1.82) is 0 Å². The lowest BCUT2D eigenvalue weighted by atomic mass is 10.1. The predicted octanol–water partition coefficient (Wildman–Crippen LogP) is 2.21. The molecule has 2 rings (SSSR count). The number of aromatic carboxylic acids is 1. The van der Waals surface area contributed by atoms with Gasteiger partial charge in [-0.1, -0.05) is 13.8 Å². The Morgan fingerprint density at radius 3 is 2.68 bits per heavy atom. The number of hydrogen-bond donors (Lipinski definition) is 2. The number of carbonyl (C=O) groups excluding carboxylic acids is 1. The SMILES string of the molecule is Cc1nn(CC(C)C)c(C)c1CC(=O)NCCc1nc(C(=O)O)cs1. The molecule has 0 spiro atoms. The van der Waals surface area contributed by atoms with E-state index < -0.39 is 5.97 Å². The highest BCUT2D eigenvalue weighted by molar-refractivity contribution is 7.09. The fraction of sp³-hybridized carbons (Fsp3) is 0.529. The number of amides is 1. The Morgan fingerprint density at radius 2 is 2.08 bits per heavy atom. The summed E-state index contributed by atoms with van der Waals surface area (Å²) in [4.78, 5) is 27.0. The van der Waals surface area contributed by atoms with Gasteiger partial charge in [-0.05, 0) is 19.8 Å². The third-order valence-electron chi connectivity index (χ3n) is 3.84. The van der Waals surface area contributed by atoms with Crippen LogP contribution in [0.4, 0.5) is 0 Å². The van der Waals surface area contributed by atoms with Crippen molar-refractivity contribution in [3.05, 3.63) is 33.0 Å². The van der Waals surface area contributed by atoms with E-state index in [0.717, 1.165) is 23.5 Å². The lowest BCUT2D eigenvalue weighted by Crippen LogP contribution is -2.27. The molecule has 2 aromatic heterocycles. The number of thiazole rings is 1. The Bertz CT molecular complexity index is 764. The molecule has 7 nitrogen and oxygen atoms in total. The maximum Gasteiger partial charge on any atom is 0.355 e. The number of hydrogen-bond acceptors (Lipinski definition) is 5. The molecule has 0 radical (unpaired) electrons. The van der Waals surface area contributed by atoms with E-state index in [1.54, 1.807) is 0 Å². The number of carboxylic acids is 1. The average Bonchev–Trinajstić information content (AvgIpc) is 3.08. The molecule has 25 heavy (non-hydrogen) atoms. The summed E-state index contributed by atoms with van der Waals surface area (Å²) >= 11 is 1.29. The number of rotatable bonds is 8. The van der Waals surface area contributed by atoms with Gasteiger partial charge in [-0.3, -0.25) is 9.48 Å². The molecule has 0 aromatic carbocycles. The summed E-state index contributed by atoms with van der Waals surface area (Å²) in [5, 5.41) is 18.5. The van der Waals surface area contributed by atoms with Gasteiger partial charge in [-0.2, -0.15) is 5.10 Å². The molecule has 2 heterocycles. The fourth-order valence-corrected chi connectivity index (χ4v) is 3.34. The molecule has 0 fully saturated rings. The maximum atomic E-state index is 12.2. The Balaban J connectivity index is 1.87. The van der Waals surface area contributed by atoms with Gasteiger partial charge in [0.2, 0.25) is 5.91 Å². The molecular weight excluding hydrogens is 340 g/mol. The van der Waals surface area contributed by atoms with Crippen molar-refractivity contribution in [2.45, 2.75) is 47.1 Å². The summed E-state index contributed by atoms with van der Waals surface area (Å²) in [5.74, 6) is -0.602. The van der Waals surface area contributed by atoms with E-state index in [-0.39, 0.29) is 11.6 Å². The van der Waals surface area contributed by atoms with Crippen LogP contribution in [0.3, 0.4) is 0 Å². The average molecular weight is 364 g/mol. The van der Waals surface area contributed by atoms with E-state index in [1.807, 2.05) is 18.5 Å². The van der Waals surface area contributed by atoms with Gasteiger partial charge < -0.3 is 10.4 Å². The third-order valence-corrected chi connectivity index (χ3v) is 4.75. The van der Waals surface area contributed by atoms with Crippen LogP contribution in [0.25, 0.3) is 0 Å². The normalized spacial score (nSPS) is 11.1. The van der Waals surface area contributed by atoms with E-state index >= 15 is 0 Å². The number of aromatic nitrogens is 3. The van der Waals surface area contributed by atoms with Crippen molar-refractivity contribution >= 4 is 23.2 Å². The largest absolute Gasteiger partial charge is 0.476 e. The van der Waals surface area contributed by atoms with Crippen LogP contribution >= 0.6 is 11.3 Å². The Hall–Kier alpha value is -2.22. The lowest BCUT2D eigenvalue weighted by molar-refractivity contribution is -0.120. The minimum atomic E-state index is -1.03. The predicted molar refractivity (Wildman–Crippen MR) is 96.0 cm³/mol. The summed E-state index contributed by atoms with van der Waals surface area (Å²) in [6.45, 7) is 9.46. The topological polar surface area (TPSA) is 97.1 Å². The zero-order valence-corrected chi connectivity index (χ0v) is 15.8. The minimum absolute atomic E-state index is 0.0511. The van der Waals surface area contributed by atoms with Gasteiger partial charge in [0.1, 0.15) is 0 Å². The highest BCUT2D eigenvalue weighted by Crippen LogP contribution is 2.15.